The quantitative estimate of drug-likeness (QED) is 0.653. The molecule has 1 heterocycles. The SMILES string of the molecule is CCCNc1ncnc(NCC(N)=O)c1C. The lowest BCUT2D eigenvalue weighted by atomic mass is 10.3. The zero-order valence-electron chi connectivity index (χ0n) is 9.58. The Morgan fingerprint density at radius 1 is 1.38 bits per heavy atom. The maximum absolute atomic E-state index is 10.6. The number of hydrogen-bond acceptors (Lipinski definition) is 5. The van der Waals surface area contributed by atoms with Crippen molar-refractivity contribution in [2.75, 3.05) is 23.7 Å². The highest BCUT2D eigenvalue weighted by Gasteiger charge is 2.06. The largest absolute Gasteiger partial charge is 0.370 e. The molecule has 0 fully saturated rings. The van der Waals surface area contributed by atoms with Crippen molar-refractivity contribution < 1.29 is 4.79 Å². The normalized spacial score (nSPS) is 9.88. The highest BCUT2D eigenvalue weighted by atomic mass is 16.1. The Labute approximate surface area is 94.7 Å². The molecule has 1 rings (SSSR count). The third kappa shape index (κ3) is 3.38. The predicted molar refractivity (Wildman–Crippen MR) is 63.2 cm³/mol. The molecule has 0 aliphatic heterocycles. The van der Waals surface area contributed by atoms with Gasteiger partial charge in [0.15, 0.2) is 0 Å². The van der Waals surface area contributed by atoms with Crippen molar-refractivity contribution >= 4 is 17.5 Å². The number of nitrogens with zero attached hydrogens (tertiary/aromatic N) is 2. The third-order valence-corrected chi connectivity index (χ3v) is 2.06. The van der Waals surface area contributed by atoms with Crippen LogP contribution in [-0.2, 0) is 4.79 Å². The maximum Gasteiger partial charge on any atom is 0.236 e. The fraction of sp³-hybridized carbons (Fsp3) is 0.500. The van der Waals surface area contributed by atoms with Crippen molar-refractivity contribution in [2.24, 2.45) is 5.73 Å². The summed E-state index contributed by atoms with van der Waals surface area (Å²) in [6.07, 6.45) is 2.47. The zero-order valence-corrected chi connectivity index (χ0v) is 9.58. The summed E-state index contributed by atoms with van der Waals surface area (Å²) in [6.45, 7) is 4.90. The van der Waals surface area contributed by atoms with Gasteiger partial charge in [-0.2, -0.15) is 0 Å². The molecular weight excluding hydrogens is 206 g/mol. The van der Waals surface area contributed by atoms with Gasteiger partial charge in [-0.3, -0.25) is 4.79 Å². The van der Waals surface area contributed by atoms with E-state index in [1.165, 1.54) is 6.33 Å². The summed E-state index contributed by atoms with van der Waals surface area (Å²) in [5.74, 6) is 0.998. The van der Waals surface area contributed by atoms with Crippen molar-refractivity contribution in [3.63, 3.8) is 0 Å². The van der Waals surface area contributed by atoms with Crippen molar-refractivity contribution in [1.82, 2.24) is 9.97 Å². The highest BCUT2D eigenvalue weighted by molar-refractivity contribution is 5.79. The van der Waals surface area contributed by atoms with Gasteiger partial charge in [-0.05, 0) is 13.3 Å². The van der Waals surface area contributed by atoms with Crippen LogP contribution in [-0.4, -0.2) is 29.0 Å². The van der Waals surface area contributed by atoms with Crippen LogP contribution in [0.2, 0.25) is 0 Å². The van der Waals surface area contributed by atoms with Crippen LogP contribution in [0.1, 0.15) is 18.9 Å². The van der Waals surface area contributed by atoms with Crippen molar-refractivity contribution in [3.8, 4) is 0 Å². The molecular formula is C10H17N5O. The highest BCUT2D eigenvalue weighted by Crippen LogP contribution is 2.17. The van der Waals surface area contributed by atoms with E-state index in [2.05, 4.69) is 27.5 Å². The van der Waals surface area contributed by atoms with Crippen LogP contribution in [0.15, 0.2) is 6.33 Å². The molecule has 0 aliphatic carbocycles. The molecule has 0 atom stereocenters. The number of primary amides is 1. The molecule has 0 unspecified atom stereocenters. The number of carbonyl (C=O) groups excluding carboxylic acids is 1. The van der Waals surface area contributed by atoms with E-state index < -0.39 is 5.91 Å². The lowest BCUT2D eigenvalue weighted by Crippen LogP contribution is -2.23. The third-order valence-electron chi connectivity index (χ3n) is 2.06. The molecule has 1 aromatic heterocycles. The minimum absolute atomic E-state index is 0.0745. The Hall–Kier alpha value is -1.85. The second-order valence-corrected chi connectivity index (χ2v) is 3.44. The molecule has 1 aromatic rings. The Morgan fingerprint density at radius 3 is 2.56 bits per heavy atom. The molecule has 16 heavy (non-hydrogen) atoms. The molecule has 0 saturated carbocycles. The van der Waals surface area contributed by atoms with Crippen molar-refractivity contribution in [1.29, 1.82) is 0 Å². The molecule has 6 nitrogen and oxygen atoms in total. The van der Waals surface area contributed by atoms with E-state index in [-0.39, 0.29) is 6.54 Å². The van der Waals surface area contributed by atoms with Crippen molar-refractivity contribution in [2.45, 2.75) is 20.3 Å². The fourth-order valence-electron chi connectivity index (χ4n) is 1.22. The standard InChI is InChI=1S/C10H17N5O/c1-3-4-12-9-7(2)10(15-6-14-9)13-5-8(11)16/h6H,3-5H2,1-2H3,(H2,11,16)(H2,12,13,14,15). The van der Waals surface area contributed by atoms with Gasteiger partial charge in [0.1, 0.15) is 18.0 Å². The maximum atomic E-state index is 10.6. The molecule has 4 N–H and O–H groups in total. The van der Waals surface area contributed by atoms with Gasteiger partial charge in [0.2, 0.25) is 5.91 Å². The Kier molecular flexibility index (Phi) is 4.50. The van der Waals surface area contributed by atoms with Gasteiger partial charge in [0, 0.05) is 12.1 Å². The van der Waals surface area contributed by atoms with Crippen LogP contribution < -0.4 is 16.4 Å². The average molecular weight is 223 g/mol. The fourth-order valence-corrected chi connectivity index (χ4v) is 1.22. The number of nitrogens with two attached hydrogens (primary N) is 1. The number of anilines is 2. The first-order valence-corrected chi connectivity index (χ1v) is 5.22. The van der Waals surface area contributed by atoms with Crippen LogP contribution in [0, 0.1) is 6.92 Å². The zero-order chi connectivity index (χ0) is 12.0. The van der Waals surface area contributed by atoms with E-state index in [1.54, 1.807) is 0 Å². The molecule has 0 aromatic carbocycles. The Bertz CT molecular complexity index is 366. The van der Waals surface area contributed by atoms with Gasteiger partial charge in [0.05, 0.1) is 6.54 Å². The number of aromatic nitrogens is 2. The molecule has 6 heteroatoms. The number of nitrogens with one attached hydrogen (secondary N) is 2. The first kappa shape index (κ1) is 12.2. The van der Waals surface area contributed by atoms with Crippen LogP contribution in [0.5, 0.6) is 0 Å². The summed E-state index contributed by atoms with van der Waals surface area (Å²) < 4.78 is 0. The number of amides is 1. The smallest absolute Gasteiger partial charge is 0.236 e. The van der Waals surface area contributed by atoms with Crippen LogP contribution >= 0.6 is 0 Å². The number of carbonyl (C=O) groups is 1. The van der Waals surface area contributed by atoms with E-state index in [9.17, 15) is 4.79 Å². The van der Waals surface area contributed by atoms with Gasteiger partial charge in [-0.25, -0.2) is 9.97 Å². The van der Waals surface area contributed by atoms with Crippen molar-refractivity contribution in [3.05, 3.63) is 11.9 Å². The second-order valence-electron chi connectivity index (χ2n) is 3.44. The minimum Gasteiger partial charge on any atom is -0.370 e. The van der Waals surface area contributed by atoms with Crippen LogP contribution in [0.3, 0.4) is 0 Å². The van der Waals surface area contributed by atoms with Crippen LogP contribution in [0.4, 0.5) is 11.6 Å². The summed E-state index contributed by atoms with van der Waals surface area (Å²) in [4.78, 5) is 18.8. The molecule has 0 saturated heterocycles. The molecule has 1 amide bonds. The Balaban J connectivity index is 2.73. The lowest BCUT2D eigenvalue weighted by Gasteiger charge is -2.11. The number of rotatable bonds is 6. The van der Waals surface area contributed by atoms with E-state index >= 15 is 0 Å². The second kappa shape index (κ2) is 5.89. The molecule has 0 radical (unpaired) electrons. The minimum atomic E-state index is -0.416. The Morgan fingerprint density at radius 2 is 2.00 bits per heavy atom. The average Bonchev–Trinajstić information content (AvgIpc) is 2.26. The summed E-state index contributed by atoms with van der Waals surface area (Å²) in [5, 5.41) is 6.05. The van der Waals surface area contributed by atoms with E-state index in [1.807, 2.05) is 6.92 Å². The van der Waals surface area contributed by atoms with Gasteiger partial charge in [-0.15, -0.1) is 0 Å². The van der Waals surface area contributed by atoms with Gasteiger partial charge in [0.25, 0.3) is 0 Å². The van der Waals surface area contributed by atoms with Gasteiger partial charge >= 0.3 is 0 Å². The number of hydrogen-bond donors (Lipinski definition) is 3. The topological polar surface area (TPSA) is 92.9 Å². The first-order chi connectivity index (χ1) is 7.65. The van der Waals surface area contributed by atoms with Gasteiger partial charge < -0.3 is 16.4 Å². The molecule has 88 valence electrons. The predicted octanol–water partition coefficient (Wildman–Crippen LogP) is 0.504. The molecule has 0 spiro atoms. The first-order valence-electron chi connectivity index (χ1n) is 5.22. The molecule has 0 aliphatic rings. The summed E-state index contributed by atoms with van der Waals surface area (Å²) in [6, 6.07) is 0. The van der Waals surface area contributed by atoms with E-state index in [0.29, 0.717) is 5.82 Å². The summed E-state index contributed by atoms with van der Waals surface area (Å²) in [7, 11) is 0. The van der Waals surface area contributed by atoms with Crippen LogP contribution in [0.25, 0.3) is 0 Å². The van der Waals surface area contributed by atoms with Gasteiger partial charge in [-0.1, -0.05) is 6.92 Å². The monoisotopic (exact) mass is 223 g/mol. The molecule has 0 bridgehead atoms. The summed E-state index contributed by atoms with van der Waals surface area (Å²) in [5.41, 5.74) is 5.93. The lowest BCUT2D eigenvalue weighted by molar-refractivity contribution is -0.116. The van der Waals surface area contributed by atoms with E-state index in [4.69, 9.17) is 5.73 Å². The summed E-state index contributed by atoms with van der Waals surface area (Å²) >= 11 is 0. The van der Waals surface area contributed by atoms with E-state index in [0.717, 1.165) is 24.3 Å².